The molecule has 4 N–H and O–H groups in total. The number of halogens is 2. The zero-order valence-electron chi connectivity index (χ0n) is 8.24. The molecule has 0 fully saturated rings. The fourth-order valence-corrected chi connectivity index (χ4v) is 1.21. The molecule has 1 rings (SSSR count). The van der Waals surface area contributed by atoms with E-state index in [2.05, 4.69) is 0 Å². The second-order valence-corrected chi connectivity index (χ2v) is 3.77. The van der Waals surface area contributed by atoms with Crippen LogP contribution >= 0.6 is 0 Å². The van der Waals surface area contributed by atoms with E-state index in [4.69, 9.17) is 10.8 Å². The number of nitrogens with two attached hydrogens (primary N) is 1. The highest BCUT2D eigenvalue weighted by atomic mass is 19.3. The van der Waals surface area contributed by atoms with Crippen molar-refractivity contribution in [3.05, 3.63) is 23.8 Å². The van der Waals surface area contributed by atoms with Gasteiger partial charge in [-0.1, -0.05) is 12.1 Å². The molecular formula is C10H13F2NO2. The molecule has 0 saturated carbocycles. The van der Waals surface area contributed by atoms with Gasteiger partial charge in [-0.05, 0) is 25.0 Å². The molecule has 3 nitrogen and oxygen atoms in total. The van der Waals surface area contributed by atoms with Gasteiger partial charge >= 0.3 is 0 Å². The third kappa shape index (κ3) is 2.56. The molecule has 84 valence electrons. The number of phenolic OH excluding ortho intramolecular Hbond substituents is 2. The number of rotatable bonds is 3. The third-order valence-corrected chi connectivity index (χ3v) is 2.17. The van der Waals surface area contributed by atoms with Crippen molar-refractivity contribution in [1.82, 2.24) is 0 Å². The van der Waals surface area contributed by atoms with Crippen LogP contribution in [0.15, 0.2) is 18.2 Å². The van der Waals surface area contributed by atoms with Gasteiger partial charge in [0.15, 0.2) is 11.5 Å². The summed E-state index contributed by atoms with van der Waals surface area (Å²) in [6, 6.07) is 4.18. The normalized spacial score (nSPS) is 15.3. The monoisotopic (exact) mass is 217 g/mol. The minimum Gasteiger partial charge on any atom is -0.504 e. The molecule has 0 amide bonds. The Morgan fingerprint density at radius 2 is 2.00 bits per heavy atom. The summed E-state index contributed by atoms with van der Waals surface area (Å²) in [5.74, 6) is -0.729. The average Bonchev–Trinajstić information content (AvgIpc) is 2.12. The number of hydrogen-bond acceptors (Lipinski definition) is 3. The highest BCUT2D eigenvalue weighted by Gasteiger charge is 2.31. The van der Waals surface area contributed by atoms with Gasteiger partial charge < -0.3 is 15.9 Å². The Balaban J connectivity index is 2.95. The molecule has 0 aromatic heterocycles. The van der Waals surface area contributed by atoms with E-state index in [1.165, 1.54) is 25.1 Å². The van der Waals surface area contributed by atoms with Crippen molar-refractivity contribution < 1.29 is 19.0 Å². The number of benzene rings is 1. The summed E-state index contributed by atoms with van der Waals surface area (Å²) in [7, 11) is 0. The fraction of sp³-hybridized carbons (Fsp3) is 0.400. The first-order valence-corrected chi connectivity index (χ1v) is 4.41. The lowest BCUT2D eigenvalue weighted by molar-refractivity contribution is 0.0636. The van der Waals surface area contributed by atoms with Crippen LogP contribution < -0.4 is 5.73 Å². The largest absolute Gasteiger partial charge is 0.504 e. The van der Waals surface area contributed by atoms with Crippen LogP contribution in [0.4, 0.5) is 8.78 Å². The molecule has 1 atom stereocenters. The van der Waals surface area contributed by atoms with E-state index in [9.17, 15) is 13.9 Å². The lowest BCUT2D eigenvalue weighted by atomic mass is 9.94. The number of para-hydroxylation sites is 1. The van der Waals surface area contributed by atoms with Crippen LogP contribution in [0.5, 0.6) is 11.5 Å². The Kier molecular flexibility index (Phi) is 3.14. The van der Waals surface area contributed by atoms with E-state index in [-0.39, 0.29) is 17.7 Å². The second-order valence-electron chi connectivity index (χ2n) is 3.77. The van der Waals surface area contributed by atoms with E-state index in [1.54, 1.807) is 0 Å². The highest BCUT2D eigenvalue weighted by molar-refractivity contribution is 5.45. The second kappa shape index (κ2) is 4.02. The van der Waals surface area contributed by atoms with Gasteiger partial charge in [-0.15, -0.1) is 0 Å². The first kappa shape index (κ1) is 11.7. The van der Waals surface area contributed by atoms with Crippen molar-refractivity contribution in [2.75, 3.05) is 0 Å². The van der Waals surface area contributed by atoms with Crippen molar-refractivity contribution >= 4 is 0 Å². The fourth-order valence-electron chi connectivity index (χ4n) is 1.21. The summed E-state index contributed by atoms with van der Waals surface area (Å²) < 4.78 is 24.9. The summed E-state index contributed by atoms with van der Waals surface area (Å²) in [6.07, 6.45) is -2.90. The standard InChI is InChI=1S/C10H13F2NO2/c1-10(13,9(11)12)5-6-3-2-4-7(14)8(6)15/h2-4,9,14-15H,5,13H2,1H3. The number of hydrogen-bond donors (Lipinski definition) is 3. The predicted molar refractivity (Wildman–Crippen MR) is 52.1 cm³/mol. The predicted octanol–water partition coefficient (Wildman–Crippen LogP) is 1.62. The average molecular weight is 217 g/mol. The Bertz CT molecular complexity index is 353. The van der Waals surface area contributed by atoms with Gasteiger partial charge in [0.05, 0.1) is 5.54 Å². The lowest BCUT2D eigenvalue weighted by Gasteiger charge is -2.23. The van der Waals surface area contributed by atoms with Gasteiger partial charge in [-0.25, -0.2) is 8.78 Å². The van der Waals surface area contributed by atoms with Crippen molar-refractivity contribution in [1.29, 1.82) is 0 Å². The van der Waals surface area contributed by atoms with Gasteiger partial charge in [0.2, 0.25) is 0 Å². The van der Waals surface area contributed by atoms with E-state index in [0.29, 0.717) is 0 Å². The number of aromatic hydroxyl groups is 2. The molecule has 0 heterocycles. The van der Waals surface area contributed by atoms with Crippen LogP contribution in [-0.4, -0.2) is 22.2 Å². The van der Waals surface area contributed by atoms with Crippen molar-refractivity contribution in [3.63, 3.8) is 0 Å². The van der Waals surface area contributed by atoms with E-state index in [1.807, 2.05) is 0 Å². The maximum Gasteiger partial charge on any atom is 0.256 e. The third-order valence-electron chi connectivity index (χ3n) is 2.17. The molecule has 0 spiro atoms. The van der Waals surface area contributed by atoms with E-state index >= 15 is 0 Å². The molecule has 1 unspecified atom stereocenters. The minimum atomic E-state index is -2.70. The summed E-state index contributed by atoms with van der Waals surface area (Å²) >= 11 is 0. The zero-order chi connectivity index (χ0) is 11.6. The SMILES string of the molecule is CC(N)(Cc1cccc(O)c1O)C(F)F. The Labute approximate surface area is 86.2 Å². The quantitative estimate of drug-likeness (QED) is 0.674. The molecule has 0 aliphatic rings. The molecule has 5 heteroatoms. The van der Waals surface area contributed by atoms with Crippen molar-refractivity contribution in [2.45, 2.75) is 25.3 Å². The Morgan fingerprint density at radius 1 is 1.40 bits per heavy atom. The molecule has 15 heavy (non-hydrogen) atoms. The molecular weight excluding hydrogens is 204 g/mol. The minimum absolute atomic E-state index is 0.203. The van der Waals surface area contributed by atoms with Gasteiger partial charge in [0, 0.05) is 0 Å². The molecule has 0 radical (unpaired) electrons. The van der Waals surface area contributed by atoms with Crippen LogP contribution in [0.3, 0.4) is 0 Å². The van der Waals surface area contributed by atoms with Crippen molar-refractivity contribution in [3.8, 4) is 11.5 Å². The van der Waals surface area contributed by atoms with Crippen LogP contribution in [0, 0.1) is 0 Å². The van der Waals surface area contributed by atoms with Gasteiger partial charge in [0.25, 0.3) is 6.43 Å². The van der Waals surface area contributed by atoms with Gasteiger partial charge in [0.1, 0.15) is 0 Å². The maximum atomic E-state index is 12.5. The summed E-state index contributed by atoms with van der Waals surface area (Å²) in [6.45, 7) is 1.20. The van der Waals surface area contributed by atoms with Crippen LogP contribution in [0.1, 0.15) is 12.5 Å². The maximum absolute atomic E-state index is 12.5. The molecule has 0 aliphatic carbocycles. The Morgan fingerprint density at radius 3 is 2.53 bits per heavy atom. The molecule has 1 aromatic carbocycles. The first-order chi connectivity index (χ1) is 6.84. The zero-order valence-corrected chi connectivity index (χ0v) is 8.24. The summed E-state index contributed by atoms with van der Waals surface area (Å²) in [5.41, 5.74) is 3.86. The van der Waals surface area contributed by atoms with Crippen LogP contribution in [0.25, 0.3) is 0 Å². The summed E-state index contributed by atoms with van der Waals surface area (Å²) in [5, 5.41) is 18.5. The van der Waals surface area contributed by atoms with Crippen LogP contribution in [0.2, 0.25) is 0 Å². The topological polar surface area (TPSA) is 66.5 Å². The van der Waals surface area contributed by atoms with Gasteiger partial charge in [-0.3, -0.25) is 0 Å². The number of alkyl halides is 2. The number of phenols is 2. The molecule has 0 bridgehead atoms. The summed E-state index contributed by atoms with van der Waals surface area (Å²) in [4.78, 5) is 0. The molecule has 0 saturated heterocycles. The Hall–Kier alpha value is -1.36. The molecule has 1 aromatic rings. The van der Waals surface area contributed by atoms with Crippen LogP contribution in [-0.2, 0) is 6.42 Å². The van der Waals surface area contributed by atoms with E-state index < -0.39 is 17.7 Å². The van der Waals surface area contributed by atoms with Gasteiger partial charge in [-0.2, -0.15) is 0 Å². The van der Waals surface area contributed by atoms with Crippen molar-refractivity contribution in [2.24, 2.45) is 5.73 Å². The first-order valence-electron chi connectivity index (χ1n) is 4.41. The smallest absolute Gasteiger partial charge is 0.256 e. The highest BCUT2D eigenvalue weighted by Crippen LogP contribution is 2.31. The van der Waals surface area contributed by atoms with E-state index in [0.717, 1.165) is 0 Å². The lowest BCUT2D eigenvalue weighted by Crippen LogP contribution is -2.45. The molecule has 0 aliphatic heterocycles.